The molecule has 0 bridgehead atoms. The second-order valence-corrected chi connectivity index (χ2v) is 3.67. The van der Waals surface area contributed by atoms with E-state index < -0.39 is 0 Å². The standard InChI is InChI=1S/C12H24O6.Na/c1-2-14-5-6-16-9-10-18-12-11-17-8-7-15-4-3-13-1;/h1-12H2;/q;+1. The molecule has 7 heteroatoms. The topological polar surface area (TPSA) is 55.4 Å². The molecule has 0 aromatic rings. The maximum Gasteiger partial charge on any atom is 1.00 e. The molecule has 1 aliphatic heterocycles. The van der Waals surface area contributed by atoms with Gasteiger partial charge in [-0.2, -0.15) is 0 Å². The van der Waals surface area contributed by atoms with Gasteiger partial charge in [-0.25, -0.2) is 0 Å². The summed E-state index contributed by atoms with van der Waals surface area (Å²) in [5.41, 5.74) is 0. The summed E-state index contributed by atoms with van der Waals surface area (Å²) >= 11 is 0. The van der Waals surface area contributed by atoms with Crippen molar-refractivity contribution < 1.29 is 58.0 Å². The summed E-state index contributed by atoms with van der Waals surface area (Å²) in [4.78, 5) is 0. The summed E-state index contributed by atoms with van der Waals surface area (Å²) in [5.74, 6) is 0. The third kappa shape index (κ3) is 15.0. The molecule has 6 nitrogen and oxygen atoms in total. The van der Waals surface area contributed by atoms with Gasteiger partial charge in [0.05, 0.1) is 79.3 Å². The Hall–Kier alpha value is 0.760. The average molecular weight is 287 g/mol. The van der Waals surface area contributed by atoms with Crippen molar-refractivity contribution in [2.24, 2.45) is 0 Å². The molecular formula is C12H24NaO6+. The normalized spacial score (nSPS) is 22.7. The minimum absolute atomic E-state index is 0. The first kappa shape index (κ1) is 19.8. The van der Waals surface area contributed by atoms with E-state index in [1.807, 2.05) is 0 Å². The quantitative estimate of drug-likeness (QED) is 0.446. The number of ether oxygens (including phenoxy) is 6. The van der Waals surface area contributed by atoms with E-state index in [-0.39, 0.29) is 29.6 Å². The second-order valence-electron chi connectivity index (χ2n) is 3.67. The van der Waals surface area contributed by atoms with Crippen molar-refractivity contribution in [1.82, 2.24) is 0 Å². The molecule has 1 saturated heterocycles. The molecule has 0 radical (unpaired) electrons. The number of rotatable bonds is 0. The van der Waals surface area contributed by atoms with Gasteiger partial charge in [-0.05, 0) is 0 Å². The van der Waals surface area contributed by atoms with E-state index in [4.69, 9.17) is 28.4 Å². The molecule has 1 aliphatic rings. The summed E-state index contributed by atoms with van der Waals surface area (Å²) in [6, 6.07) is 0. The molecule has 0 amide bonds. The van der Waals surface area contributed by atoms with Crippen molar-refractivity contribution in [2.75, 3.05) is 79.3 Å². The van der Waals surface area contributed by atoms with E-state index in [1.54, 1.807) is 0 Å². The van der Waals surface area contributed by atoms with Crippen LogP contribution in [0.25, 0.3) is 0 Å². The van der Waals surface area contributed by atoms with Gasteiger partial charge in [0.15, 0.2) is 0 Å². The van der Waals surface area contributed by atoms with Crippen LogP contribution in [0.1, 0.15) is 0 Å². The summed E-state index contributed by atoms with van der Waals surface area (Å²) in [6.07, 6.45) is 0. The fourth-order valence-electron chi connectivity index (χ4n) is 1.32. The Balaban J connectivity index is 0.00000324. The van der Waals surface area contributed by atoms with E-state index in [9.17, 15) is 0 Å². The van der Waals surface area contributed by atoms with Gasteiger partial charge in [0.2, 0.25) is 0 Å². The van der Waals surface area contributed by atoms with Crippen LogP contribution in [0.2, 0.25) is 0 Å². The number of hydrogen-bond acceptors (Lipinski definition) is 6. The van der Waals surface area contributed by atoms with Crippen molar-refractivity contribution in [2.45, 2.75) is 0 Å². The zero-order valence-electron chi connectivity index (χ0n) is 11.9. The predicted molar refractivity (Wildman–Crippen MR) is 64.9 cm³/mol. The summed E-state index contributed by atoms with van der Waals surface area (Å²) in [6.45, 7) is 7.04. The van der Waals surface area contributed by atoms with Gasteiger partial charge in [-0.1, -0.05) is 0 Å². The molecule has 0 aliphatic carbocycles. The molecule has 0 aromatic carbocycles. The van der Waals surface area contributed by atoms with E-state index in [2.05, 4.69) is 0 Å². The van der Waals surface area contributed by atoms with Gasteiger partial charge in [-0.15, -0.1) is 0 Å². The fourth-order valence-corrected chi connectivity index (χ4v) is 1.32. The molecule has 0 spiro atoms. The van der Waals surface area contributed by atoms with Crippen molar-refractivity contribution in [1.29, 1.82) is 0 Å². The van der Waals surface area contributed by atoms with Crippen molar-refractivity contribution in [3.63, 3.8) is 0 Å². The van der Waals surface area contributed by atoms with E-state index >= 15 is 0 Å². The van der Waals surface area contributed by atoms with E-state index in [0.717, 1.165) is 0 Å². The summed E-state index contributed by atoms with van der Waals surface area (Å²) in [7, 11) is 0. The van der Waals surface area contributed by atoms with Gasteiger partial charge in [0, 0.05) is 0 Å². The van der Waals surface area contributed by atoms with Gasteiger partial charge in [0.25, 0.3) is 0 Å². The molecule has 108 valence electrons. The Morgan fingerprint density at radius 2 is 0.368 bits per heavy atom. The van der Waals surface area contributed by atoms with Crippen LogP contribution < -0.4 is 29.6 Å². The first-order chi connectivity index (χ1) is 9.00. The van der Waals surface area contributed by atoms with Gasteiger partial charge >= 0.3 is 29.6 Å². The maximum atomic E-state index is 5.33. The summed E-state index contributed by atoms with van der Waals surface area (Å²) in [5, 5.41) is 0. The Morgan fingerprint density at radius 3 is 0.474 bits per heavy atom. The van der Waals surface area contributed by atoms with Crippen LogP contribution >= 0.6 is 0 Å². The van der Waals surface area contributed by atoms with Gasteiger partial charge in [0.1, 0.15) is 0 Å². The first-order valence-electron chi connectivity index (χ1n) is 6.46. The molecule has 1 rings (SSSR count). The van der Waals surface area contributed by atoms with Gasteiger partial charge < -0.3 is 28.4 Å². The van der Waals surface area contributed by atoms with Crippen molar-refractivity contribution in [3.05, 3.63) is 0 Å². The molecule has 0 unspecified atom stereocenters. The molecule has 1 heterocycles. The predicted octanol–water partition coefficient (Wildman–Crippen LogP) is -2.90. The van der Waals surface area contributed by atoms with Crippen LogP contribution in [0.15, 0.2) is 0 Å². The third-order valence-corrected chi connectivity index (χ3v) is 2.23. The van der Waals surface area contributed by atoms with E-state index in [0.29, 0.717) is 79.3 Å². The monoisotopic (exact) mass is 287 g/mol. The van der Waals surface area contributed by atoms with Crippen LogP contribution in [-0.4, -0.2) is 79.3 Å². The minimum atomic E-state index is 0. The molecular weight excluding hydrogens is 263 g/mol. The Bertz CT molecular complexity index is 97.2. The molecule has 0 atom stereocenters. The second kappa shape index (κ2) is 16.8. The zero-order chi connectivity index (χ0) is 12.7. The smallest absolute Gasteiger partial charge is 0.377 e. The van der Waals surface area contributed by atoms with Crippen LogP contribution in [0.3, 0.4) is 0 Å². The van der Waals surface area contributed by atoms with Crippen LogP contribution in [-0.2, 0) is 28.4 Å². The largest absolute Gasteiger partial charge is 1.00 e. The van der Waals surface area contributed by atoms with Crippen LogP contribution in [0.4, 0.5) is 0 Å². The Labute approximate surface area is 137 Å². The average Bonchev–Trinajstić information content (AvgIpc) is 2.39. The minimum Gasteiger partial charge on any atom is -0.377 e. The molecule has 0 saturated carbocycles. The van der Waals surface area contributed by atoms with Crippen molar-refractivity contribution >= 4 is 0 Å². The molecule has 0 N–H and O–H groups in total. The SMILES string of the molecule is C1COCCOCCOCCOCCOCCO1.[Na+]. The van der Waals surface area contributed by atoms with Crippen molar-refractivity contribution in [3.8, 4) is 0 Å². The summed E-state index contributed by atoms with van der Waals surface area (Å²) < 4.78 is 32.0. The van der Waals surface area contributed by atoms with E-state index in [1.165, 1.54) is 0 Å². The third-order valence-electron chi connectivity index (χ3n) is 2.23. The van der Waals surface area contributed by atoms with Crippen LogP contribution in [0.5, 0.6) is 0 Å². The van der Waals surface area contributed by atoms with Crippen LogP contribution in [0, 0.1) is 0 Å². The first-order valence-corrected chi connectivity index (χ1v) is 6.46. The Morgan fingerprint density at radius 1 is 0.263 bits per heavy atom. The number of hydrogen-bond donors (Lipinski definition) is 0. The fraction of sp³-hybridized carbons (Fsp3) is 1.00. The molecule has 19 heavy (non-hydrogen) atoms. The molecule has 0 aromatic heterocycles. The molecule has 1 fully saturated rings. The van der Waals surface area contributed by atoms with Gasteiger partial charge in [-0.3, -0.25) is 0 Å². The maximum absolute atomic E-state index is 5.33. The Kier molecular flexibility index (Phi) is 17.5. The zero-order valence-corrected chi connectivity index (χ0v) is 13.9.